The highest BCUT2D eigenvalue weighted by Crippen LogP contribution is 2.29. The third-order valence-electron chi connectivity index (χ3n) is 2.74. The molecule has 0 aliphatic heterocycles. The first-order valence-corrected chi connectivity index (χ1v) is 6.56. The summed E-state index contributed by atoms with van der Waals surface area (Å²) in [6.45, 7) is 3.62. The number of fused-ring (bicyclic) bond motifs is 1. The van der Waals surface area contributed by atoms with Gasteiger partial charge in [0.1, 0.15) is 0 Å². The van der Waals surface area contributed by atoms with Crippen LogP contribution >= 0.6 is 0 Å². The molecule has 2 aromatic carbocycles. The molecule has 0 unspecified atom stereocenters. The van der Waals surface area contributed by atoms with Crippen molar-refractivity contribution in [1.82, 2.24) is 0 Å². The van der Waals surface area contributed by atoms with E-state index in [2.05, 4.69) is 4.72 Å². The monoisotopic (exact) mass is 251 g/mol. The molecular weight excluding hydrogens is 238 g/mol. The van der Waals surface area contributed by atoms with E-state index in [0.717, 1.165) is 21.9 Å². The van der Waals surface area contributed by atoms with Crippen molar-refractivity contribution in [2.45, 2.75) is 13.8 Å². The van der Waals surface area contributed by atoms with Gasteiger partial charge in [-0.3, -0.25) is 9.27 Å². The van der Waals surface area contributed by atoms with Crippen LogP contribution in [0.1, 0.15) is 11.1 Å². The van der Waals surface area contributed by atoms with E-state index < -0.39 is 10.3 Å². The summed E-state index contributed by atoms with van der Waals surface area (Å²) in [6.07, 6.45) is 0. The van der Waals surface area contributed by atoms with Crippen LogP contribution in [0.25, 0.3) is 10.8 Å². The lowest BCUT2D eigenvalue weighted by Crippen LogP contribution is -2.12. The maximum absolute atomic E-state index is 10.9. The third-order valence-corrected chi connectivity index (χ3v) is 3.20. The Morgan fingerprint density at radius 1 is 1.18 bits per heavy atom. The summed E-state index contributed by atoms with van der Waals surface area (Å²) in [7, 11) is -4.24. The number of nitrogens with one attached hydrogen (secondary N) is 1. The van der Waals surface area contributed by atoms with Gasteiger partial charge in [-0.2, -0.15) is 8.42 Å². The molecule has 0 aliphatic rings. The van der Waals surface area contributed by atoms with E-state index in [1.165, 1.54) is 0 Å². The highest BCUT2D eigenvalue weighted by Gasteiger charge is 2.12. The lowest BCUT2D eigenvalue weighted by atomic mass is 10.0. The molecule has 2 aromatic rings. The summed E-state index contributed by atoms with van der Waals surface area (Å²) in [5.41, 5.74) is 2.02. The highest BCUT2D eigenvalue weighted by molar-refractivity contribution is 7.87. The zero-order chi connectivity index (χ0) is 12.6. The fourth-order valence-electron chi connectivity index (χ4n) is 1.99. The van der Waals surface area contributed by atoms with Gasteiger partial charge in [-0.15, -0.1) is 0 Å². The van der Waals surface area contributed by atoms with Gasteiger partial charge in [0.15, 0.2) is 0 Å². The van der Waals surface area contributed by atoms with Crippen molar-refractivity contribution in [1.29, 1.82) is 0 Å². The van der Waals surface area contributed by atoms with Crippen molar-refractivity contribution in [3.8, 4) is 0 Å². The van der Waals surface area contributed by atoms with Gasteiger partial charge in [-0.25, -0.2) is 0 Å². The number of rotatable bonds is 2. The summed E-state index contributed by atoms with van der Waals surface area (Å²) >= 11 is 0. The first-order chi connectivity index (χ1) is 7.88. The molecule has 0 heterocycles. The second-order valence-electron chi connectivity index (χ2n) is 3.99. The Morgan fingerprint density at radius 2 is 1.82 bits per heavy atom. The number of hydrogen-bond acceptors (Lipinski definition) is 2. The Bertz CT molecular complexity index is 677. The Labute approximate surface area is 100 Å². The van der Waals surface area contributed by atoms with Crippen LogP contribution in [0.2, 0.25) is 0 Å². The van der Waals surface area contributed by atoms with E-state index in [1.54, 1.807) is 6.92 Å². The molecule has 90 valence electrons. The lowest BCUT2D eigenvalue weighted by molar-refractivity contribution is 0.489. The Morgan fingerprint density at radius 3 is 2.47 bits per heavy atom. The van der Waals surface area contributed by atoms with Crippen LogP contribution in [0.3, 0.4) is 0 Å². The maximum Gasteiger partial charge on any atom is 0.357 e. The molecule has 4 nitrogen and oxygen atoms in total. The summed E-state index contributed by atoms with van der Waals surface area (Å²) in [4.78, 5) is 0. The van der Waals surface area contributed by atoms with E-state index in [-0.39, 0.29) is 0 Å². The number of hydrogen-bond donors (Lipinski definition) is 2. The van der Waals surface area contributed by atoms with Gasteiger partial charge in [0.2, 0.25) is 0 Å². The van der Waals surface area contributed by atoms with Gasteiger partial charge >= 0.3 is 10.3 Å². The van der Waals surface area contributed by atoms with Crippen LogP contribution < -0.4 is 4.72 Å². The standard InChI is InChI=1S/C12H13NO3S/c1-8-7-10-5-3-4-6-11(10)9(2)12(8)13-17(14,15)16/h3-7,13H,1-2H3,(H,14,15,16). The molecule has 0 aliphatic carbocycles. The molecule has 2 rings (SSSR count). The third kappa shape index (κ3) is 2.40. The average Bonchev–Trinajstić information content (AvgIpc) is 2.23. The molecule has 0 radical (unpaired) electrons. The molecular formula is C12H13NO3S. The second kappa shape index (κ2) is 4.01. The van der Waals surface area contributed by atoms with E-state index in [0.29, 0.717) is 5.69 Å². The minimum atomic E-state index is -4.24. The quantitative estimate of drug-likeness (QED) is 0.806. The topological polar surface area (TPSA) is 66.4 Å². The summed E-state index contributed by atoms with van der Waals surface area (Å²) in [6, 6.07) is 9.58. The van der Waals surface area contributed by atoms with Crippen LogP contribution in [0.5, 0.6) is 0 Å². The SMILES string of the molecule is Cc1cc2ccccc2c(C)c1NS(=O)(=O)O. The smallest absolute Gasteiger partial charge is 0.269 e. The molecule has 0 amide bonds. The van der Waals surface area contributed by atoms with E-state index >= 15 is 0 Å². The van der Waals surface area contributed by atoms with Crippen molar-refractivity contribution < 1.29 is 13.0 Å². The van der Waals surface area contributed by atoms with Gasteiger partial charge in [0.05, 0.1) is 5.69 Å². The van der Waals surface area contributed by atoms with Gasteiger partial charge in [-0.1, -0.05) is 24.3 Å². The van der Waals surface area contributed by atoms with Gasteiger partial charge in [0.25, 0.3) is 0 Å². The van der Waals surface area contributed by atoms with Crippen molar-refractivity contribution in [2.24, 2.45) is 0 Å². The molecule has 0 fully saturated rings. The molecule has 5 heteroatoms. The fraction of sp³-hybridized carbons (Fsp3) is 0.167. The Balaban J connectivity index is 2.72. The molecule has 0 saturated heterocycles. The normalized spacial score (nSPS) is 11.7. The molecule has 0 aromatic heterocycles. The predicted octanol–water partition coefficient (Wildman–Crippen LogP) is 2.67. The number of benzene rings is 2. The van der Waals surface area contributed by atoms with Gasteiger partial charge in [0, 0.05) is 0 Å². The summed E-state index contributed by atoms with van der Waals surface area (Å²) in [5.74, 6) is 0. The fourth-order valence-corrected chi connectivity index (χ4v) is 2.56. The number of anilines is 1. The minimum Gasteiger partial charge on any atom is -0.269 e. The van der Waals surface area contributed by atoms with Crippen LogP contribution in [0.15, 0.2) is 30.3 Å². The zero-order valence-corrected chi connectivity index (χ0v) is 10.4. The van der Waals surface area contributed by atoms with Crippen LogP contribution in [-0.2, 0) is 10.3 Å². The first kappa shape index (κ1) is 11.9. The van der Waals surface area contributed by atoms with Gasteiger partial charge in [-0.05, 0) is 41.8 Å². The number of aryl methyl sites for hydroxylation is 2. The Hall–Kier alpha value is -1.59. The van der Waals surface area contributed by atoms with Crippen LogP contribution in [0.4, 0.5) is 5.69 Å². The Kier molecular flexibility index (Phi) is 2.81. The van der Waals surface area contributed by atoms with Gasteiger partial charge < -0.3 is 0 Å². The van der Waals surface area contributed by atoms with Crippen LogP contribution in [-0.4, -0.2) is 13.0 Å². The second-order valence-corrected chi connectivity index (χ2v) is 5.15. The van der Waals surface area contributed by atoms with E-state index in [9.17, 15) is 8.42 Å². The lowest BCUT2D eigenvalue weighted by Gasteiger charge is -2.13. The van der Waals surface area contributed by atoms with Crippen molar-refractivity contribution in [3.63, 3.8) is 0 Å². The summed E-state index contributed by atoms with van der Waals surface area (Å²) < 4.78 is 32.8. The zero-order valence-electron chi connectivity index (χ0n) is 9.56. The largest absolute Gasteiger partial charge is 0.357 e. The van der Waals surface area contributed by atoms with Crippen LogP contribution in [0, 0.1) is 13.8 Å². The van der Waals surface area contributed by atoms with Crippen molar-refractivity contribution >= 4 is 26.8 Å². The molecule has 17 heavy (non-hydrogen) atoms. The first-order valence-electron chi connectivity index (χ1n) is 5.12. The van der Waals surface area contributed by atoms with E-state index in [4.69, 9.17) is 4.55 Å². The van der Waals surface area contributed by atoms with E-state index in [1.807, 2.05) is 37.3 Å². The van der Waals surface area contributed by atoms with Crippen molar-refractivity contribution in [3.05, 3.63) is 41.5 Å². The maximum atomic E-state index is 10.9. The molecule has 0 spiro atoms. The molecule has 0 saturated carbocycles. The molecule has 0 atom stereocenters. The molecule has 2 N–H and O–H groups in total. The highest BCUT2D eigenvalue weighted by atomic mass is 32.2. The predicted molar refractivity (Wildman–Crippen MR) is 68.6 cm³/mol. The summed E-state index contributed by atoms with van der Waals surface area (Å²) in [5, 5.41) is 2.01. The molecule has 0 bridgehead atoms. The van der Waals surface area contributed by atoms with Crippen molar-refractivity contribution in [2.75, 3.05) is 4.72 Å². The average molecular weight is 251 g/mol. The minimum absolute atomic E-state index is 0.436.